The van der Waals surface area contributed by atoms with Crippen molar-refractivity contribution in [2.45, 2.75) is 6.42 Å². The van der Waals surface area contributed by atoms with Crippen molar-refractivity contribution in [3.63, 3.8) is 0 Å². The smallest absolute Gasteiger partial charge is 0.225 e. The lowest BCUT2D eigenvalue weighted by molar-refractivity contribution is -0.116. The van der Waals surface area contributed by atoms with Crippen LogP contribution in [0.5, 0.6) is 5.75 Å². The van der Waals surface area contributed by atoms with Gasteiger partial charge in [-0.1, -0.05) is 11.6 Å². The van der Waals surface area contributed by atoms with Gasteiger partial charge in [-0.3, -0.25) is 9.69 Å². The summed E-state index contributed by atoms with van der Waals surface area (Å²) in [4.78, 5) is 16.8. The number of hydrogen-bond acceptors (Lipinski definition) is 4. The molecule has 0 unspecified atom stereocenters. The number of piperazine rings is 1. The summed E-state index contributed by atoms with van der Waals surface area (Å²) in [6, 6.07) is 11.7. The molecule has 0 aromatic heterocycles. The standard InChI is InChI=1S/C20H23ClFN3O2/c1-27-19-7-2-15(21)14-18(19)23-20(26)8-9-24-10-12-25(13-11-24)17-5-3-16(22)4-6-17/h2-7,14H,8-13H2,1H3,(H,23,26). The fourth-order valence-electron chi connectivity index (χ4n) is 3.13. The number of benzene rings is 2. The van der Waals surface area contributed by atoms with Gasteiger partial charge < -0.3 is 15.0 Å². The van der Waals surface area contributed by atoms with Gasteiger partial charge in [0.2, 0.25) is 5.91 Å². The maximum Gasteiger partial charge on any atom is 0.225 e. The number of anilines is 2. The molecule has 0 bridgehead atoms. The number of ether oxygens (including phenoxy) is 1. The van der Waals surface area contributed by atoms with Gasteiger partial charge in [0.15, 0.2) is 0 Å². The van der Waals surface area contributed by atoms with Crippen LogP contribution in [0.25, 0.3) is 0 Å². The number of hydrogen-bond donors (Lipinski definition) is 1. The van der Waals surface area contributed by atoms with Gasteiger partial charge in [0, 0.05) is 49.9 Å². The van der Waals surface area contributed by atoms with Crippen LogP contribution in [0.1, 0.15) is 6.42 Å². The van der Waals surface area contributed by atoms with Gasteiger partial charge in [-0.15, -0.1) is 0 Å². The molecular formula is C20H23ClFN3O2. The number of carbonyl (C=O) groups excluding carboxylic acids is 1. The number of rotatable bonds is 6. The van der Waals surface area contributed by atoms with Crippen molar-refractivity contribution >= 4 is 28.9 Å². The number of halogens is 2. The van der Waals surface area contributed by atoms with Crippen LogP contribution in [0.3, 0.4) is 0 Å². The number of methoxy groups -OCH3 is 1. The monoisotopic (exact) mass is 391 g/mol. The van der Waals surface area contributed by atoms with Crippen LogP contribution in [0.2, 0.25) is 5.02 Å². The Hall–Kier alpha value is -2.31. The summed E-state index contributed by atoms with van der Waals surface area (Å²) in [5.41, 5.74) is 1.61. The van der Waals surface area contributed by atoms with E-state index in [1.807, 2.05) is 0 Å². The van der Waals surface area contributed by atoms with E-state index in [4.69, 9.17) is 16.3 Å². The minimum Gasteiger partial charge on any atom is -0.495 e. The molecule has 2 aromatic rings. The Balaban J connectivity index is 1.45. The van der Waals surface area contributed by atoms with E-state index < -0.39 is 0 Å². The van der Waals surface area contributed by atoms with E-state index in [0.717, 1.165) is 31.9 Å². The number of nitrogens with zero attached hydrogens (tertiary/aromatic N) is 2. The van der Waals surface area contributed by atoms with E-state index in [-0.39, 0.29) is 11.7 Å². The van der Waals surface area contributed by atoms with E-state index in [2.05, 4.69) is 15.1 Å². The molecule has 1 aliphatic heterocycles. The quantitative estimate of drug-likeness (QED) is 0.816. The summed E-state index contributed by atoms with van der Waals surface area (Å²) >= 11 is 5.99. The first-order chi connectivity index (χ1) is 13.0. The predicted molar refractivity (Wildman–Crippen MR) is 106 cm³/mol. The minimum atomic E-state index is -0.222. The molecule has 0 radical (unpaired) electrons. The number of carbonyl (C=O) groups is 1. The van der Waals surface area contributed by atoms with Crippen molar-refractivity contribution < 1.29 is 13.9 Å². The zero-order chi connectivity index (χ0) is 19.2. The third-order valence-electron chi connectivity index (χ3n) is 4.65. The Morgan fingerprint density at radius 2 is 1.85 bits per heavy atom. The van der Waals surface area contributed by atoms with Crippen molar-refractivity contribution in [3.05, 3.63) is 53.3 Å². The Morgan fingerprint density at radius 3 is 2.52 bits per heavy atom. The van der Waals surface area contributed by atoms with Crippen LogP contribution >= 0.6 is 11.6 Å². The first-order valence-electron chi connectivity index (χ1n) is 8.91. The maximum atomic E-state index is 13.0. The summed E-state index contributed by atoms with van der Waals surface area (Å²) < 4.78 is 18.3. The summed E-state index contributed by atoms with van der Waals surface area (Å²) in [6.07, 6.45) is 0.395. The lowest BCUT2D eigenvalue weighted by atomic mass is 10.2. The SMILES string of the molecule is COc1ccc(Cl)cc1NC(=O)CCN1CCN(c2ccc(F)cc2)CC1. The van der Waals surface area contributed by atoms with Crippen LogP contribution in [0.15, 0.2) is 42.5 Å². The van der Waals surface area contributed by atoms with Crippen molar-refractivity contribution in [3.8, 4) is 5.75 Å². The molecule has 7 heteroatoms. The van der Waals surface area contributed by atoms with Gasteiger partial charge in [0.25, 0.3) is 0 Å². The molecule has 2 aromatic carbocycles. The molecule has 144 valence electrons. The van der Waals surface area contributed by atoms with Gasteiger partial charge in [-0.05, 0) is 42.5 Å². The predicted octanol–water partition coefficient (Wildman–Crippen LogP) is 3.64. The Labute approximate surface area is 163 Å². The largest absolute Gasteiger partial charge is 0.495 e. The van der Waals surface area contributed by atoms with E-state index >= 15 is 0 Å². The normalized spacial score (nSPS) is 14.9. The maximum absolute atomic E-state index is 13.0. The highest BCUT2D eigenvalue weighted by Crippen LogP contribution is 2.27. The molecule has 0 saturated carbocycles. The lowest BCUT2D eigenvalue weighted by Gasteiger charge is -2.36. The second-order valence-corrected chi connectivity index (χ2v) is 6.88. The van der Waals surface area contributed by atoms with E-state index in [9.17, 15) is 9.18 Å². The zero-order valence-electron chi connectivity index (χ0n) is 15.3. The average Bonchev–Trinajstić information content (AvgIpc) is 2.68. The fourth-order valence-corrected chi connectivity index (χ4v) is 3.30. The van der Waals surface area contributed by atoms with Crippen molar-refractivity contribution in [2.24, 2.45) is 0 Å². The highest BCUT2D eigenvalue weighted by atomic mass is 35.5. The van der Waals surface area contributed by atoms with E-state index in [0.29, 0.717) is 29.4 Å². The average molecular weight is 392 g/mol. The minimum absolute atomic E-state index is 0.0727. The van der Waals surface area contributed by atoms with E-state index in [1.165, 1.54) is 12.1 Å². The van der Waals surface area contributed by atoms with Gasteiger partial charge >= 0.3 is 0 Å². The summed E-state index contributed by atoms with van der Waals surface area (Å²) in [7, 11) is 1.56. The van der Waals surface area contributed by atoms with Crippen LogP contribution in [0.4, 0.5) is 15.8 Å². The first-order valence-corrected chi connectivity index (χ1v) is 9.29. The molecule has 1 saturated heterocycles. The molecule has 0 atom stereocenters. The summed E-state index contributed by atoms with van der Waals surface area (Å²) in [5, 5.41) is 3.41. The summed E-state index contributed by atoms with van der Waals surface area (Å²) in [5.74, 6) is 0.289. The van der Waals surface area contributed by atoms with Crippen molar-refractivity contribution in [1.82, 2.24) is 4.90 Å². The number of amides is 1. The lowest BCUT2D eigenvalue weighted by Crippen LogP contribution is -2.47. The molecule has 1 aliphatic rings. The van der Waals surface area contributed by atoms with Gasteiger partial charge in [0.05, 0.1) is 12.8 Å². The highest BCUT2D eigenvalue weighted by molar-refractivity contribution is 6.31. The summed E-state index contributed by atoms with van der Waals surface area (Å²) in [6.45, 7) is 4.13. The zero-order valence-corrected chi connectivity index (χ0v) is 16.0. The molecule has 1 amide bonds. The third-order valence-corrected chi connectivity index (χ3v) is 4.89. The van der Waals surface area contributed by atoms with Gasteiger partial charge in [-0.2, -0.15) is 0 Å². The number of nitrogens with one attached hydrogen (secondary N) is 1. The van der Waals surface area contributed by atoms with Crippen molar-refractivity contribution in [1.29, 1.82) is 0 Å². The fraction of sp³-hybridized carbons (Fsp3) is 0.350. The molecule has 3 rings (SSSR count). The molecular weight excluding hydrogens is 369 g/mol. The van der Waals surface area contributed by atoms with Gasteiger partial charge in [0.1, 0.15) is 11.6 Å². The van der Waals surface area contributed by atoms with E-state index in [1.54, 1.807) is 37.4 Å². The molecule has 0 spiro atoms. The molecule has 0 aliphatic carbocycles. The molecule has 5 nitrogen and oxygen atoms in total. The highest BCUT2D eigenvalue weighted by Gasteiger charge is 2.18. The molecule has 1 N–H and O–H groups in total. The molecule has 1 heterocycles. The van der Waals surface area contributed by atoms with Crippen LogP contribution in [-0.4, -0.2) is 50.6 Å². The van der Waals surface area contributed by atoms with Gasteiger partial charge in [-0.25, -0.2) is 4.39 Å². The Morgan fingerprint density at radius 1 is 1.15 bits per heavy atom. The first kappa shape index (κ1) is 19.5. The topological polar surface area (TPSA) is 44.8 Å². The van der Waals surface area contributed by atoms with Crippen LogP contribution in [-0.2, 0) is 4.79 Å². The van der Waals surface area contributed by atoms with Crippen LogP contribution in [0, 0.1) is 5.82 Å². The Kier molecular flexibility index (Phi) is 6.53. The van der Waals surface area contributed by atoms with Crippen LogP contribution < -0.4 is 15.0 Å². The molecule has 1 fully saturated rings. The van der Waals surface area contributed by atoms with Crippen molar-refractivity contribution in [2.75, 3.05) is 50.1 Å². The third kappa shape index (κ3) is 5.34. The second-order valence-electron chi connectivity index (χ2n) is 6.45. The second kappa shape index (κ2) is 9.06. The molecule has 27 heavy (non-hydrogen) atoms. The Bertz CT molecular complexity index is 777.